The summed E-state index contributed by atoms with van der Waals surface area (Å²) >= 11 is 0. The van der Waals surface area contributed by atoms with Crippen molar-refractivity contribution in [1.82, 2.24) is 0 Å². The van der Waals surface area contributed by atoms with Gasteiger partial charge in [0.2, 0.25) is 0 Å². The molecule has 4 N–H and O–H groups in total. The smallest absolute Gasteiger partial charge is 0.115 e. The van der Waals surface area contributed by atoms with Crippen LogP contribution in [0.5, 0.6) is 5.75 Å². The Morgan fingerprint density at radius 2 is 1.56 bits per heavy atom. The number of nitrogens with two attached hydrogens (primary N) is 1. The lowest BCUT2D eigenvalue weighted by Gasteiger charge is -2.06. The van der Waals surface area contributed by atoms with Crippen LogP contribution in [0.25, 0.3) is 0 Å². The Bertz CT molecular complexity index is 403. The van der Waals surface area contributed by atoms with E-state index < -0.39 is 0 Å². The summed E-state index contributed by atoms with van der Waals surface area (Å²) in [6, 6.07) is 14.7. The number of phenolic OH excluding ortho intramolecular Hbond substituents is 1. The number of nitrogen functional groups attached to an aromatic ring is 1. The van der Waals surface area contributed by atoms with Crippen molar-refractivity contribution in [2.24, 2.45) is 0 Å². The lowest BCUT2D eigenvalue weighted by molar-refractivity contribution is 0.475. The van der Waals surface area contributed by atoms with Crippen molar-refractivity contribution in [2.75, 3.05) is 11.1 Å². The molecule has 0 aliphatic rings. The van der Waals surface area contributed by atoms with Gasteiger partial charge in [-0.25, -0.2) is 0 Å². The predicted molar refractivity (Wildman–Crippen MR) is 66.3 cm³/mol. The van der Waals surface area contributed by atoms with Crippen LogP contribution >= 0.6 is 0 Å². The normalized spacial score (nSPS) is 10.0. The maximum atomic E-state index is 9.13. The molecule has 0 fully saturated rings. The van der Waals surface area contributed by atoms with Gasteiger partial charge in [0.05, 0.1) is 0 Å². The van der Waals surface area contributed by atoms with Crippen LogP contribution < -0.4 is 11.1 Å². The van der Waals surface area contributed by atoms with Crippen LogP contribution in [0.4, 0.5) is 11.4 Å². The van der Waals surface area contributed by atoms with E-state index in [2.05, 4.69) is 5.32 Å². The van der Waals surface area contributed by atoms with Crippen LogP contribution in [-0.2, 0) is 6.54 Å². The third-order valence-electron chi connectivity index (χ3n) is 2.34. The first kappa shape index (κ1) is 10.4. The molecular weight excluding hydrogens is 200 g/mol. The van der Waals surface area contributed by atoms with Crippen molar-refractivity contribution >= 4 is 11.4 Å². The lowest BCUT2D eigenvalue weighted by Crippen LogP contribution is -1.99. The van der Waals surface area contributed by atoms with Gasteiger partial charge < -0.3 is 16.2 Å². The minimum absolute atomic E-state index is 0.276. The molecular formula is C13H14N2O. The molecule has 0 radical (unpaired) electrons. The molecule has 2 aromatic carbocycles. The molecule has 0 heterocycles. The fraction of sp³-hybridized carbons (Fsp3) is 0.0769. The first-order valence-corrected chi connectivity index (χ1v) is 5.11. The van der Waals surface area contributed by atoms with Crippen molar-refractivity contribution in [3.05, 3.63) is 54.1 Å². The molecule has 0 spiro atoms. The summed E-state index contributed by atoms with van der Waals surface area (Å²) in [4.78, 5) is 0. The van der Waals surface area contributed by atoms with E-state index in [0.717, 1.165) is 17.9 Å². The molecule has 0 unspecified atom stereocenters. The standard InChI is InChI=1S/C13H14N2O/c14-11-3-1-10(2-4-11)9-15-12-5-7-13(16)8-6-12/h1-8,15-16H,9,14H2. The number of phenols is 1. The van der Waals surface area contributed by atoms with E-state index in [1.54, 1.807) is 12.1 Å². The second kappa shape index (κ2) is 4.57. The van der Waals surface area contributed by atoms with Crippen molar-refractivity contribution in [2.45, 2.75) is 6.54 Å². The minimum atomic E-state index is 0.276. The van der Waals surface area contributed by atoms with Crippen LogP contribution in [0.15, 0.2) is 48.5 Å². The highest BCUT2D eigenvalue weighted by molar-refractivity contribution is 5.47. The van der Waals surface area contributed by atoms with Crippen molar-refractivity contribution in [3.8, 4) is 5.75 Å². The molecule has 3 heteroatoms. The first-order valence-electron chi connectivity index (χ1n) is 5.11. The van der Waals surface area contributed by atoms with E-state index >= 15 is 0 Å². The highest BCUT2D eigenvalue weighted by Gasteiger charge is 1.94. The maximum Gasteiger partial charge on any atom is 0.115 e. The third-order valence-corrected chi connectivity index (χ3v) is 2.34. The maximum absolute atomic E-state index is 9.13. The Hall–Kier alpha value is -2.16. The van der Waals surface area contributed by atoms with E-state index in [4.69, 9.17) is 10.8 Å². The van der Waals surface area contributed by atoms with E-state index in [-0.39, 0.29) is 5.75 Å². The molecule has 0 saturated heterocycles. The van der Waals surface area contributed by atoms with Crippen molar-refractivity contribution in [3.63, 3.8) is 0 Å². The largest absolute Gasteiger partial charge is 0.508 e. The van der Waals surface area contributed by atoms with Gasteiger partial charge in [0.1, 0.15) is 5.75 Å². The second-order valence-corrected chi connectivity index (χ2v) is 3.64. The van der Waals surface area contributed by atoms with Gasteiger partial charge in [0.25, 0.3) is 0 Å². The van der Waals surface area contributed by atoms with Gasteiger partial charge in [-0.2, -0.15) is 0 Å². The van der Waals surface area contributed by atoms with Gasteiger partial charge >= 0.3 is 0 Å². The van der Waals surface area contributed by atoms with Gasteiger partial charge in [-0.3, -0.25) is 0 Å². The Labute approximate surface area is 94.5 Å². The predicted octanol–water partition coefficient (Wildman–Crippen LogP) is 2.59. The fourth-order valence-electron chi connectivity index (χ4n) is 1.42. The molecule has 16 heavy (non-hydrogen) atoms. The van der Waals surface area contributed by atoms with Gasteiger partial charge in [-0.15, -0.1) is 0 Å². The molecule has 0 amide bonds. The molecule has 2 rings (SSSR count). The van der Waals surface area contributed by atoms with Gasteiger partial charge in [0.15, 0.2) is 0 Å². The summed E-state index contributed by atoms with van der Waals surface area (Å²) in [7, 11) is 0. The van der Waals surface area contributed by atoms with E-state index in [1.807, 2.05) is 36.4 Å². The topological polar surface area (TPSA) is 58.3 Å². The summed E-state index contributed by atoms with van der Waals surface area (Å²) in [6.45, 7) is 0.741. The van der Waals surface area contributed by atoms with Gasteiger partial charge in [0, 0.05) is 17.9 Å². The van der Waals surface area contributed by atoms with E-state index in [0.29, 0.717) is 0 Å². The number of nitrogens with one attached hydrogen (secondary N) is 1. The summed E-state index contributed by atoms with van der Waals surface area (Å²) in [6.07, 6.45) is 0. The SMILES string of the molecule is Nc1ccc(CNc2ccc(O)cc2)cc1. The highest BCUT2D eigenvalue weighted by atomic mass is 16.3. The number of aromatic hydroxyl groups is 1. The number of hydrogen-bond donors (Lipinski definition) is 3. The minimum Gasteiger partial charge on any atom is -0.508 e. The van der Waals surface area contributed by atoms with Crippen LogP contribution in [0, 0.1) is 0 Å². The Morgan fingerprint density at radius 3 is 2.19 bits per heavy atom. The molecule has 3 nitrogen and oxygen atoms in total. The monoisotopic (exact) mass is 214 g/mol. The molecule has 82 valence electrons. The van der Waals surface area contributed by atoms with Crippen LogP contribution in [0.3, 0.4) is 0 Å². The molecule has 0 saturated carbocycles. The van der Waals surface area contributed by atoms with Crippen molar-refractivity contribution < 1.29 is 5.11 Å². The zero-order valence-electron chi connectivity index (χ0n) is 8.85. The van der Waals surface area contributed by atoms with Crippen molar-refractivity contribution in [1.29, 1.82) is 0 Å². The van der Waals surface area contributed by atoms with E-state index in [9.17, 15) is 0 Å². The molecule has 0 bridgehead atoms. The second-order valence-electron chi connectivity index (χ2n) is 3.64. The van der Waals surface area contributed by atoms with Gasteiger partial charge in [-0.05, 0) is 42.0 Å². The Morgan fingerprint density at radius 1 is 0.938 bits per heavy atom. The Kier molecular flexibility index (Phi) is 2.96. The zero-order valence-corrected chi connectivity index (χ0v) is 8.85. The first-order chi connectivity index (χ1) is 7.74. The third kappa shape index (κ3) is 2.67. The molecule has 0 aliphatic carbocycles. The zero-order chi connectivity index (χ0) is 11.4. The quantitative estimate of drug-likeness (QED) is 0.543. The Balaban J connectivity index is 1.97. The van der Waals surface area contributed by atoms with Crippen LogP contribution in [0.1, 0.15) is 5.56 Å². The average molecular weight is 214 g/mol. The molecule has 0 aromatic heterocycles. The summed E-state index contributed by atoms with van der Waals surface area (Å²) in [5, 5.41) is 12.4. The average Bonchev–Trinajstić information content (AvgIpc) is 2.30. The fourth-order valence-corrected chi connectivity index (χ4v) is 1.42. The number of rotatable bonds is 3. The molecule has 0 aliphatic heterocycles. The summed E-state index contributed by atoms with van der Waals surface area (Å²) < 4.78 is 0. The number of benzene rings is 2. The number of anilines is 2. The van der Waals surface area contributed by atoms with Gasteiger partial charge in [-0.1, -0.05) is 12.1 Å². The summed E-state index contributed by atoms with van der Waals surface area (Å²) in [5.74, 6) is 0.276. The molecule has 0 atom stereocenters. The van der Waals surface area contributed by atoms with Crippen LogP contribution in [0.2, 0.25) is 0 Å². The highest BCUT2D eigenvalue weighted by Crippen LogP contribution is 2.15. The van der Waals surface area contributed by atoms with E-state index in [1.165, 1.54) is 5.56 Å². The number of hydrogen-bond acceptors (Lipinski definition) is 3. The molecule has 2 aromatic rings. The van der Waals surface area contributed by atoms with Crippen LogP contribution in [-0.4, -0.2) is 5.11 Å². The lowest BCUT2D eigenvalue weighted by atomic mass is 10.2. The summed E-state index contributed by atoms with van der Waals surface area (Å²) in [5.41, 5.74) is 8.52.